The van der Waals surface area contributed by atoms with Crippen LogP contribution in [0.5, 0.6) is 0 Å². The Bertz CT molecular complexity index is 1420. The molecule has 0 aromatic heterocycles. The molecule has 0 N–H and O–H groups in total. The number of halogens is 1. The predicted octanol–water partition coefficient (Wildman–Crippen LogP) is 6.51. The molecule has 0 radical (unpaired) electrons. The van der Waals surface area contributed by atoms with E-state index in [9.17, 15) is 20.2 Å². The molecule has 4 aliphatic rings. The van der Waals surface area contributed by atoms with E-state index in [0.717, 1.165) is 52.2 Å². The number of nitrogens with zero attached hydrogens (tertiary/aromatic N) is 6. The minimum atomic E-state index is -0.404. The molecule has 4 aliphatic heterocycles. The molecule has 4 heterocycles. The fraction of sp³-hybridized carbons (Fsp3) is 0.231. The lowest BCUT2D eigenvalue weighted by Crippen LogP contribution is -2.01. The summed E-state index contributed by atoms with van der Waals surface area (Å²) in [5.41, 5.74) is 6.66. The van der Waals surface area contributed by atoms with E-state index >= 15 is 0 Å². The number of non-ortho nitro benzene ring substituents is 2. The maximum atomic E-state index is 10.8. The van der Waals surface area contributed by atoms with Crippen LogP contribution in [0.15, 0.2) is 79.9 Å². The van der Waals surface area contributed by atoms with Gasteiger partial charge in [-0.2, -0.15) is 0 Å². The zero-order chi connectivity index (χ0) is 25.7. The summed E-state index contributed by atoms with van der Waals surface area (Å²) in [6.45, 7) is 3.19. The van der Waals surface area contributed by atoms with Crippen LogP contribution in [0.4, 0.5) is 11.4 Å². The lowest BCUT2D eigenvalue weighted by atomic mass is 10.0. The second kappa shape index (κ2) is 12.2. The summed E-state index contributed by atoms with van der Waals surface area (Å²) in [6, 6.07) is 9.64. The number of benzene rings is 2. The van der Waals surface area contributed by atoms with E-state index in [0.29, 0.717) is 17.7 Å². The third-order valence-electron chi connectivity index (χ3n) is 5.58. The maximum Gasteiger partial charge on any atom is 0.270 e. The number of aliphatic imine (C=N–C) groups is 4. The molecule has 2 aromatic carbocycles. The van der Waals surface area contributed by atoms with Gasteiger partial charge < -0.3 is 0 Å². The van der Waals surface area contributed by atoms with Crippen molar-refractivity contribution in [2.45, 2.75) is 40.3 Å². The van der Waals surface area contributed by atoms with E-state index in [4.69, 9.17) is 0 Å². The number of nitro benzene ring substituents is 2. The first kappa shape index (κ1) is 27.5. The summed E-state index contributed by atoms with van der Waals surface area (Å²) >= 11 is 3.25. The molecule has 0 atom stereocenters. The number of allylic oxidation sites excluding steroid dienone is 4. The van der Waals surface area contributed by atoms with Gasteiger partial charge in [0.15, 0.2) is 0 Å². The standard InChI is InChI=1S/C12H9N3O2.C8H5BrN2O2.C5H7N.CH4/c16-15(17)9-4-3-8-7-14-12(10(8)6-9)11-2-1-5-13-11;9-8-7-3-6(11(12)13)2-1-5(7)4-10-8;1-5-3-2-4-6-5;/h2-6H,1,7H2;1-3H,4H2;3-4H,2H2,1H3;1H4. The van der Waals surface area contributed by atoms with Gasteiger partial charge in [0, 0.05) is 66.4 Å². The Kier molecular flexibility index (Phi) is 9.07. The highest BCUT2D eigenvalue weighted by atomic mass is 79.9. The minimum absolute atomic E-state index is 0. The molecule has 0 amide bonds. The third kappa shape index (κ3) is 6.56. The van der Waals surface area contributed by atoms with Gasteiger partial charge in [-0.1, -0.05) is 19.6 Å². The van der Waals surface area contributed by atoms with Gasteiger partial charge in [0.05, 0.1) is 34.3 Å². The fourth-order valence-corrected chi connectivity index (χ4v) is 4.25. The maximum absolute atomic E-state index is 10.8. The minimum Gasteiger partial charge on any atom is -0.278 e. The predicted molar refractivity (Wildman–Crippen MR) is 150 cm³/mol. The lowest BCUT2D eigenvalue weighted by molar-refractivity contribution is -0.385. The topological polar surface area (TPSA) is 136 Å². The van der Waals surface area contributed by atoms with E-state index in [1.54, 1.807) is 18.2 Å². The van der Waals surface area contributed by atoms with E-state index in [-0.39, 0.29) is 23.7 Å². The van der Waals surface area contributed by atoms with Crippen LogP contribution in [0.3, 0.4) is 0 Å². The van der Waals surface area contributed by atoms with Crippen molar-refractivity contribution in [1.82, 2.24) is 0 Å². The van der Waals surface area contributed by atoms with Gasteiger partial charge in [-0.15, -0.1) is 0 Å². The van der Waals surface area contributed by atoms with Crippen LogP contribution >= 0.6 is 15.9 Å². The van der Waals surface area contributed by atoms with Crippen LogP contribution in [0.25, 0.3) is 0 Å². The van der Waals surface area contributed by atoms with Crippen molar-refractivity contribution in [3.63, 3.8) is 0 Å². The summed E-state index contributed by atoms with van der Waals surface area (Å²) in [5.74, 6) is 0. The normalized spacial score (nSPS) is 15.5. The van der Waals surface area contributed by atoms with Crippen molar-refractivity contribution in [2.24, 2.45) is 20.0 Å². The first-order chi connectivity index (χ1) is 17.3. The van der Waals surface area contributed by atoms with Crippen molar-refractivity contribution < 1.29 is 9.85 Å². The molecule has 0 fully saturated rings. The fourth-order valence-electron chi connectivity index (χ4n) is 3.75. The van der Waals surface area contributed by atoms with Gasteiger partial charge in [-0.05, 0) is 46.1 Å². The zero-order valence-corrected chi connectivity index (χ0v) is 20.9. The van der Waals surface area contributed by atoms with Crippen molar-refractivity contribution in [2.75, 3.05) is 0 Å². The molecule has 190 valence electrons. The summed E-state index contributed by atoms with van der Waals surface area (Å²) in [5, 5.41) is 21.2. The van der Waals surface area contributed by atoms with Crippen LogP contribution in [0.1, 0.15) is 49.4 Å². The van der Waals surface area contributed by atoms with E-state index < -0.39 is 4.92 Å². The monoisotopic (exact) mass is 564 g/mol. The van der Waals surface area contributed by atoms with Crippen molar-refractivity contribution >= 4 is 50.1 Å². The molecule has 11 heteroatoms. The SMILES string of the molecule is C.CC1=CCC=N1.O=[N+]([O-])c1ccc2c(c1)C(Br)=NC2.O=[N+]([O-])c1ccc2c(c1)C(C1=CCC=N1)=NC2. The van der Waals surface area contributed by atoms with Crippen molar-refractivity contribution in [3.8, 4) is 0 Å². The molecule has 2 aromatic rings. The summed E-state index contributed by atoms with van der Waals surface area (Å²) in [4.78, 5) is 37.1. The Morgan fingerprint density at radius 1 is 0.811 bits per heavy atom. The quantitative estimate of drug-likeness (QED) is 0.310. The van der Waals surface area contributed by atoms with Crippen LogP contribution < -0.4 is 0 Å². The number of hydrogen-bond acceptors (Lipinski definition) is 8. The molecule has 0 aliphatic carbocycles. The van der Waals surface area contributed by atoms with Gasteiger partial charge in [0.25, 0.3) is 11.4 Å². The average Bonchev–Trinajstić information content (AvgIpc) is 3.67. The number of hydrogen-bond donors (Lipinski definition) is 0. The third-order valence-corrected chi connectivity index (χ3v) is 6.26. The first-order valence-corrected chi connectivity index (χ1v) is 11.8. The Morgan fingerprint density at radius 2 is 1.38 bits per heavy atom. The molecule has 37 heavy (non-hydrogen) atoms. The number of fused-ring (bicyclic) bond motifs is 2. The second-order valence-corrected chi connectivity index (χ2v) is 8.75. The molecule has 0 saturated carbocycles. The summed E-state index contributed by atoms with van der Waals surface area (Å²) < 4.78 is 0.700. The largest absolute Gasteiger partial charge is 0.278 e. The van der Waals surface area contributed by atoms with Crippen molar-refractivity contribution in [1.29, 1.82) is 0 Å². The van der Waals surface area contributed by atoms with Crippen LogP contribution in [0, 0.1) is 20.2 Å². The van der Waals surface area contributed by atoms with Crippen LogP contribution in [0.2, 0.25) is 0 Å². The smallest absolute Gasteiger partial charge is 0.270 e. The number of rotatable bonds is 3. The highest BCUT2D eigenvalue weighted by Gasteiger charge is 2.22. The van der Waals surface area contributed by atoms with E-state index in [1.807, 2.05) is 25.4 Å². The molecule has 6 rings (SSSR count). The number of nitro groups is 2. The summed E-state index contributed by atoms with van der Waals surface area (Å²) in [6.07, 6.45) is 9.64. The molecular weight excluding hydrogens is 540 g/mol. The van der Waals surface area contributed by atoms with Gasteiger partial charge in [-0.3, -0.25) is 40.2 Å². The highest BCUT2D eigenvalue weighted by Crippen LogP contribution is 2.28. The first-order valence-electron chi connectivity index (χ1n) is 11.1. The van der Waals surface area contributed by atoms with Crippen LogP contribution in [-0.4, -0.2) is 32.6 Å². The van der Waals surface area contributed by atoms with E-state index in [2.05, 4.69) is 42.0 Å². The lowest BCUT2D eigenvalue weighted by Gasteiger charge is -2.02. The molecule has 0 saturated heterocycles. The molecule has 0 bridgehead atoms. The molecule has 10 nitrogen and oxygen atoms in total. The summed E-state index contributed by atoms with van der Waals surface area (Å²) in [7, 11) is 0. The average molecular weight is 565 g/mol. The molecule has 0 spiro atoms. The van der Waals surface area contributed by atoms with Crippen LogP contribution in [-0.2, 0) is 13.1 Å². The molecule has 0 unspecified atom stereocenters. The van der Waals surface area contributed by atoms with Gasteiger partial charge in [-0.25, -0.2) is 0 Å². The Labute approximate surface area is 222 Å². The van der Waals surface area contributed by atoms with E-state index in [1.165, 1.54) is 18.2 Å². The van der Waals surface area contributed by atoms with Gasteiger partial charge in [0.2, 0.25) is 0 Å². The Morgan fingerprint density at radius 3 is 1.89 bits per heavy atom. The Hall–Kier alpha value is -4.12. The second-order valence-electron chi connectivity index (χ2n) is 8.00. The van der Waals surface area contributed by atoms with Crippen molar-refractivity contribution in [3.05, 3.63) is 102 Å². The van der Waals surface area contributed by atoms with Gasteiger partial charge >= 0.3 is 0 Å². The highest BCUT2D eigenvalue weighted by molar-refractivity contribution is 9.18. The zero-order valence-electron chi connectivity index (χ0n) is 19.3. The Balaban J connectivity index is 0.000000168. The molecular formula is C26H25BrN6O4. The van der Waals surface area contributed by atoms with Gasteiger partial charge in [0.1, 0.15) is 4.62 Å².